The van der Waals surface area contributed by atoms with Crippen molar-refractivity contribution in [1.82, 2.24) is 0 Å². The lowest BCUT2D eigenvalue weighted by Gasteiger charge is -2.12. The van der Waals surface area contributed by atoms with Crippen molar-refractivity contribution < 1.29 is 23.0 Å². The molecule has 9 heteroatoms. The van der Waals surface area contributed by atoms with Crippen LogP contribution in [0.1, 0.15) is 55.2 Å². The van der Waals surface area contributed by atoms with E-state index in [1.807, 2.05) is 0 Å². The minimum Gasteiger partial charge on any atom is -0.265 e. The minimum atomic E-state index is -4.45. The SMILES string of the molecule is O=[N+]([O-])CCCCCc1[c]c(CCCCC[N+](=O)[O-])cc(C(F)(F)F)c1. The van der Waals surface area contributed by atoms with Crippen molar-refractivity contribution in [3.8, 4) is 0 Å². The summed E-state index contributed by atoms with van der Waals surface area (Å²) in [7, 11) is 0. The highest BCUT2D eigenvalue weighted by Crippen LogP contribution is 2.31. The number of benzene rings is 1. The molecule has 0 saturated heterocycles. The standard InChI is InChI=1S/C17H22F3N2O4/c18-17(19,20)16-12-14(7-3-1-5-9-21(23)24)11-15(13-16)8-4-2-6-10-22(25)26/h12-13H,1-10H2. The van der Waals surface area contributed by atoms with Crippen LogP contribution in [0.15, 0.2) is 12.1 Å². The molecule has 0 aliphatic carbocycles. The summed E-state index contributed by atoms with van der Waals surface area (Å²) < 4.78 is 39.1. The Morgan fingerprint density at radius 3 is 1.58 bits per heavy atom. The highest BCUT2D eigenvalue weighted by atomic mass is 19.4. The van der Waals surface area contributed by atoms with Gasteiger partial charge in [-0.1, -0.05) is 0 Å². The van der Waals surface area contributed by atoms with E-state index in [0.717, 1.165) is 12.1 Å². The molecule has 0 aromatic heterocycles. The van der Waals surface area contributed by atoms with E-state index in [4.69, 9.17) is 0 Å². The van der Waals surface area contributed by atoms with E-state index >= 15 is 0 Å². The van der Waals surface area contributed by atoms with Crippen LogP contribution in [-0.2, 0) is 19.0 Å². The van der Waals surface area contributed by atoms with Crippen LogP contribution in [0.5, 0.6) is 0 Å². The first kappa shape index (κ1) is 21.9. The maximum absolute atomic E-state index is 13.0. The zero-order chi connectivity index (χ0) is 19.6. The van der Waals surface area contributed by atoms with Gasteiger partial charge in [0.05, 0.1) is 5.56 Å². The molecular formula is C17H22F3N2O4. The molecule has 1 aromatic rings. The largest absolute Gasteiger partial charge is 0.416 e. The molecule has 0 saturated carbocycles. The first-order valence-corrected chi connectivity index (χ1v) is 8.54. The van der Waals surface area contributed by atoms with Crippen molar-refractivity contribution in [1.29, 1.82) is 0 Å². The van der Waals surface area contributed by atoms with Gasteiger partial charge in [-0.15, -0.1) is 0 Å². The molecule has 145 valence electrons. The van der Waals surface area contributed by atoms with Crippen LogP contribution in [0.3, 0.4) is 0 Å². The van der Waals surface area contributed by atoms with Crippen LogP contribution in [0.4, 0.5) is 13.2 Å². The summed E-state index contributed by atoms with van der Waals surface area (Å²) in [6.07, 6.45) is -0.614. The predicted molar refractivity (Wildman–Crippen MR) is 89.1 cm³/mol. The van der Waals surface area contributed by atoms with Crippen molar-refractivity contribution in [2.75, 3.05) is 13.1 Å². The van der Waals surface area contributed by atoms with Crippen molar-refractivity contribution in [3.63, 3.8) is 0 Å². The highest BCUT2D eigenvalue weighted by Gasteiger charge is 2.31. The lowest BCUT2D eigenvalue weighted by molar-refractivity contribution is -0.480. The summed E-state index contributed by atoms with van der Waals surface area (Å²) in [5.74, 6) is 0. The number of hydrogen-bond donors (Lipinski definition) is 0. The van der Waals surface area contributed by atoms with E-state index in [0.29, 0.717) is 62.5 Å². The number of nitrogens with zero attached hydrogens (tertiary/aromatic N) is 2. The Morgan fingerprint density at radius 2 is 1.23 bits per heavy atom. The second kappa shape index (κ2) is 10.7. The third kappa shape index (κ3) is 9.33. The average Bonchev–Trinajstić information content (AvgIpc) is 2.52. The molecular weight excluding hydrogens is 353 g/mol. The van der Waals surface area contributed by atoms with Gasteiger partial charge in [0.2, 0.25) is 13.1 Å². The number of hydrogen-bond acceptors (Lipinski definition) is 4. The summed E-state index contributed by atoms with van der Waals surface area (Å²) in [5, 5.41) is 20.5. The predicted octanol–water partition coefficient (Wildman–Crippen LogP) is 4.48. The van der Waals surface area contributed by atoms with Gasteiger partial charge in [-0.05, 0) is 67.9 Å². The molecule has 6 nitrogen and oxygen atoms in total. The molecule has 1 radical (unpaired) electrons. The third-order valence-electron chi connectivity index (χ3n) is 3.88. The molecule has 1 rings (SSSR count). The number of aryl methyl sites for hydroxylation is 2. The number of rotatable bonds is 12. The minimum absolute atomic E-state index is 0.137. The Hall–Kier alpha value is -2.19. The lowest BCUT2D eigenvalue weighted by Crippen LogP contribution is -2.07. The van der Waals surface area contributed by atoms with Crippen molar-refractivity contribution in [2.45, 2.75) is 57.5 Å². The Kier molecular flexibility index (Phi) is 9.01. The molecule has 0 aliphatic rings. The van der Waals surface area contributed by atoms with E-state index in [-0.39, 0.29) is 13.1 Å². The third-order valence-corrected chi connectivity index (χ3v) is 3.88. The number of unbranched alkanes of at least 4 members (excludes halogenated alkanes) is 4. The van der Waals surface area contributed by atoms with Crippen molar-refractivity contribution in [3.05, 3.63) is 55.1 Å². The first-order chi connectivity index (χ1) is 12.2. The normalized spacial score (nSPS) is 11.5. The maximum Gasteiger partial charge on any atom is 0.416 e. The van der Waals surface area contributed by atoms with Crippen LogP contribution in [0.2, 0.25) is 0 Å². The van der Waals surface area contributed by atoms with Crippen LogP contribution in [-0.4, -0.2) is 22.9 Å². The molecule has 0 bridgehead atoms. The smallest absolute Gasteiger partial charge is 0.265 e. The van der Waals surface area contributed by atoms with Gasteiger partial charge >= 0.3 is 6.18 Å². The fourth-order valence-electron chi connectivity index (χ4n) is 2.59. The van der Waals surface area contributed by atoms with E-state index in [1.165, 1.54) is 0 Å². The molecule has 0 aliphatic heterocycles. The Bertz CT molecular complexity index is 564. The molecule has 0 spiro atoms. The molecule has 0 unspecified atom stereocenters. The lowest BCUT2D eigenvalue weighted by atomic mass is 9.97. The van der Waals surface area contributed by atoms with Gasteiger partial charge in [0.1, 0.15) is 0 Å². The van der Waals surface area contributed by atoms with Crippen LogP contribution < -0.4 is 0 Å². The summed E-state index contributed by atoms with van der Waals surface area (Å²) in [6, 6.07) is 5.13. The van der Waals surface area contributed by atoms with Gasteiger partial charge in [0, 0.05) is 22.7 Å². The fourth-order valence-corrected chi connectivity index (χ4v) is 2.59. The summed E-state index contributed by atoms with van der Waals surface area (Å²) in [4.78, 5) is 19.7. The number of halogens is 3. The van der Waals surface area contributed by atoms with Gasteiger partial charge in [0.15, 0.2) is 0 Å². The molecule has 0 amide bonds. The number of nitro groups is 2. The summed E-state index contributed by atoms with van der Waals surface area (Å²) in [6.45, 7) is -0.274. The van der Waals surface area contributed by atoms with Crippen LogP contribution in [0.25, 0.3) is 0 Å². The molecule has 0 atom stereocenters. The highest BCUT2D eigenvalue weighted by molar-refractivity contribution is 5.31. The second-order valence-electron chi connectivity index (χ2n) is 6.15. The van der Waals surface area contributed by atoms with Crippen LogP contribution >= 0.6 is 0 Å². The molecule has 26 heavy (non-hydrogen) atoms. The molecule has 0 fully saturated rings. The topological polar surface area (TPSA) is 86.3 Å². The van der Waals surface area contributed by atoms with Crippen molar-refractivity contribution >= 4 is 0 Å². The summed E-state index contributed by atoms with van der Waals surface area (Å²) in [5.41, 5.74) is 0.166. The first-order valence-electron chi connectivity index (χ1n) is 8.54. The van der Waals surface area contributed by atoms with Crippen molar-refractivity contribution in [2.24, 2.45) is 0 Å². The van der Waals surface area contributed by atoms with E-state index in [9.17, 15) is 33.4 Å². The zero-order valence-electron chi connectivity index (χ0n) is 14.4. The molecule has 1 aromatic carbocycles. The van der Waals surface area contributed by atoms with E-state index in [1.54, 1.807) is 0 Å². The summed E-state index contributed by atoms with van der Waals surface area (Å²) >= 11 is 0. The number of alkyl halides is 3. The van der Waals surface area contributed by atoms with Gasteiger partial charge in [-0.3, -0.25) is 20.2 Å². The average molecular weight is 375 g/mol. The monoisotopic (exact) mass is 375 g/mol. The Labute approximate surface area is 149 Å². The maximum atomic E-state index is 13.0. The molecule has 0 N–H and O–H groups in total. The van der Waals surface area contributed by atoms with Gasteiger partial charge in [0.25, 0.3) is 0 Å². The Balaban J connectivity index is 2.62. The van der Waals surface area contributed by atoms with E-state index < -0.39 is 21.6 Å². The van der Waals surface area contributed by atoms with Gasteiger partial charge in [-0.2, -0.15) is 13.2 Å². The molecule has 0 heterocycles. The zero-order valence-corrected chi connectivity index (χ0v) is 14.4. The van der Waals surface area contributed by atoms with E-state index in [2.05, 4.69) is 6.07 Å². The fraction of sp³-hybridized carbons (Fsp3) is 0.647. The van der Waals surface area contributed by atoms with Gasteiger partial charge in [-0.25, -0.2) is 0 Å². The quantitative estimate of drug-likeness (QED) is 0.306. The second-order valence-corrected chi connectivity index (χ2v) is 6.15. The Morgan fingerprint density at radius 1 is 0.808 bits per heavy atom. The van der Waals surface area contributed by atoms with Crippen LogP contribution in [0, 0.1) is 26.3 Å². The van der Waals surface area contributed by atoms with Gasteiger partial charge < -0.3 is 0 Å².